The van der Waals surface area contributed by atoms with Crippen molar-refractivity contribution >= 4 is 18.5 Å². The topological polar surface area (TPSA) is 49.3 Å². The van der Waals surface area contributed by atoms with Crippen LogP contribution < -0.4 is 5.32 Å². The molecule has 1 aliphatic carbocycles. The summed E-state index contributed by atoms with van der Waals surface area (Å²) >= 11 is 3.82. The zero-order chi connectivity index (χ0) is 11.7. The molecule has 0 spiro atoms. The molecule has 2 N–H and O–H groups in total. The fraction of sp³-hybridized carbons (Fsp3) is 0.875. The van der Waals surface area contributed by atoms with Gasteiger partial charge in [0.15, 0.2) is 5.60 Å². The summed E-state index contributed by atoms with van der Waals surface area (Å²) in [7, 11) is 0. The maximum atomic E-state index is 12.2. The van der Waals surface area contributed by atoms with E-state index in [0.717, 1.165) is 0 Å². The lowest BCUT2D eigenvalue weighted by molar-refractivity contribution is -0.291. The molecule has 7 heteroatoms. The van der Waals surface area contributed by atoms with Gasteiger partial charge in [0, 0.05) is 25.3 Å². The summed E-state index contributed by atoms with van der Waals surface area (Å²) in [6.45, 7) is 0. The number of amides is 1. The summed E-state index contributed by atoms with van der Waals surface area (Å²) < 4.78 is 36.5. The molecule has 0 aromatic heterocycles. The van der Waals surface area contributed by atoms with Crippen LogP contribution in [0.5, 0.6) is 0 Å². The molecule has 0 saturated heterocycles. The molecule has 0 unspecified atom stereocenters. The summed E-state index contributed by atoms with van der Waals surface area (Å²) in [5.41, 5.74) is -2.62. The Morgan fingerprint density at radius 1 is 1.53 bits per heavy atom. The molecule has 0 heterocycles. The number of hydrogen-bond acceptors (Lipinski definition) is 3. The summed E-state index contributed by atoms with van der Waals surface area (Å²) in [5.74, 6) is 0.0152. The van der Waals surface area contributed by atoms with Crippen molar-refractivity contribution in [1.29, 1.82) is 0 Å². The molecule has 0 atom stereocenters. The molecule has 1 fully saturated rings. The number of nitrogens with one attached hydrogen (secondary N) is 1. The first-order chi connectivity index (χ1) is 6.78. The second kappa shape index (κ2) is 4.21. The van der Waals surface area contributed by atoms with Gasteiger partial charge in [-0.1, -0.05) is 0 Å². The van der Waals surface area contributed by atoms with E-state index < -0.39 is 30.7 Å². The molecule has 0 aliphatic heterocycles. The molecule has 0 bridgehead atoms. The average Bonchev–Trinajstić information content (AvgIpc) is 1.99. The van der Waals surface area contributed by atoms with E-state index in [1.165, 1.54) is 0 Å². The Labute approximate surface area is 90.4 Å². The van der Waals surface area contributed by atoms with Crippen LogP contribution in [0.2, 0.25) is 0 Å². The van der Waals surface area contributed by atoms with E-state index in [1.54, 1.807) is 0 Å². The fourth-order valence-electron chi connectivity index (χ4n) is 1.49. The Morgan fingerprint density at radius 3 is 2.47 bits per heavy atom. The molecule has 1 amide bonds. The minimum absolute atomic E-state index is 0.171. The van der Waals surface area contributed by atoms with Crippen LogP contribution in [-0.2, 0) is 4.79 Å². The standard InChI is InChI=1S/C8H12F3NO2S/c9-8(10,11)7(14)3-5(4-7)12-6(13)1-2-15/h5,14-15H,1-4H2,(H,12,13). The van der Waals surface area contributed by atoms with E-state index in [0.29, 0.717) is 5.75 Å². The number of halogens is 3. The highest BCUT2D eigenvalue weighted by molar-refractivity contribution is 7.80. The average molecular weight is 243 g/mol. The molecule has 1 aliphatic rings. The zero-order valence-corrected chi connectivity index (χ0v) is 8.74. The molecule has 1 rings (SSSR count). The first kappa shape index (κ1) is 12.6. The van der Waals surface area contributed by atoms with Gasteiger partial charge >= 0.3 is 6.18 Å². The van der Waals surface area contributed by atoms with Gasteiger partial charge in [-0.25, -0.2) is 0 Å². The van der Waals surface area contributed by atoms with Crippen LogP contribution in [-0.4, -0.2) is 34.6 Å². The molecule has 15 heavy (non-hydrogen) atoms. The number of hydrogen-bond donors (Lipinski definition) is 3. The Bertz CT molecular complexity index is 251. The third kappa shape index (κ3) is 2.78. The number of carbonyl (C=O) groups excluding carboxylic acids is 1. The van der Waals surface area contributed by atoms with Gasteiger partial charge in [0.25, 0.3) is 0 Å². The van der Waals surface area contributed by atoms with E-state index in [-0.39, 0.29) is 12.3 Å². The van der Waals surface area contributed by atoms with Crippen LogP contribution in [0.25, 0.3) is 0 Å². The number of rotatable bonds is 3. The minimum Gasteiger partial charge on any atom is -0.380 e. The Hall–Kier alpha value is -0.430. The number of carbonyl (C=O) groups is 1. The SMILES string of the molecule is O=C(CCS)NC1CC(O)(C(F)(F)F)C1. The van der Waals surface area contributed by atoms with Gasteiger partial charge in [-0.2, -0.15) is 25.8 Å². The van der Waals surface area contributed by atoms with Crippen LogP contribution in [0.1, 0.15) is 19.3 Å². The lowest BCUT2D eigenvalue weighted by Gasteiger charge is -2.44. The van der Waals surface area contributed by atoms with Gasteiger partial charge in [0.05, 0.1) is 0 Å². The Kier molecular flexibility index (Phi) is 3.55. The third-order valence-electron chi connectivity index (χ3n) is 2.40. The summed E-state index contributed by atoms with van der Waals surface area (Å²) in [6, 6.07) is -0.580. The van der Waals surface area contributed by atoms with Gasteiger partial charge in [0.1, 0.15) is 0 Å². The van der Waals surface area contributed by atoms with E-state index in [1.807, 2.05) is 0 Å². The van der Waals surface area contributed by atoms with Crippen LogP contribution >= 0.6 is 12.6 Å². The molecule has 88 valence electrons. The van der Waals surface area contributed by atoms with Gasteiger partial charge in [-0.15, -0.1) is 0 Å². The highest BCUT2D eigenvalue weighted by atomic mass is 32.1. The molecule has 0 radical (unpaired) electrons. The molecule has 1 saturated carbocycles. The van der Waals surface area contributed by atoms with Crippen molar-refractivity contribution < 1.29 is 23.1 Å². The quantitative estimate of drug-likeness (QED) is 0.644. The zero-order valence-electron chi connectivity index (χ0n) is 7.84. The van der Waals surface area contributed by atoms with Crippen LogP contribution in [0.15, 0.2) is 0 Å². The second-order valence-electron chi connectivity index (χ2n) is 3.68. The first-order valence-corrected chi connectivity index (χ1v) is 5.11. The van der Waals surface area contributed by atoms with Crippen molar-refractivity contribution in [2.75, 3.05) is 5.75 Å². The summed E-state index contributed by atoms with van der Waals surface area (Å²) in [5, 5.41) is 11.5. The maximum Gasteiger partial charge on any atom is 0.417 e. The Morgan fingerprint density at radius 2 is 2.07 bits per heavy atom. The highest BCUT2D eigenvalue weighted by Crippen LogP contribution is 2.45. The smallest absolute Gasteiger partial charge is 0.380 e. The maximum absolute atomic E-state index is 12.2. The third-order valence-corrected chi connectivity index (χ3v) is 2.62. The molecular weight excluding hydrogens is 231 g/mol. The second-order valence-corrected chi connectivity index (χ2v) is 4.12. The van der Waals surface area contributed by atoms with E-state index in [9.17, 15) is 18.0 Å². The van der Waals surface area contributed by atoms with Crippen molar-refractivity contribution in [3.8, 4) is 0 Å². The molecule has 0 aromatic carbocycles. The van der Waals surface area contributed by atoms with E-state index in [4.69, 9.17) is 5.11 Å². The monoisotopic (exact) mass is 243 g/mol. The van der Waals surface area contributed by atoms with Gasteiger partial charge in [0.2, 0.25) is 5.91 Å². The lowest BCUT2D eigenvalue weighted by atomic mass is 9.75. The summed E-state index contributed by atoms with van der Waals surface area (Å²) in [4.78, 5) is 11.0. The summed E-state index contributed by atoms with van der Waals surface area (Å²) in [6.07, 6.45) is -5.37. The van der Waals surface area contributed by atoms with Crippen LogP contribution in [0, 0.1) is 0 Å². The van der Waals surface area contributed by atoms with Crippen molar-refractivity contribution in [1.82, 2.24) is 5.32 Å². The number of aliphatic hydroxyl groups is 1. The van der Waals surface area contributed by atoms with Crippen molar-refractivity contribution in [2.24, 2.45) is 0 Å². The number of alkyl halides is 3. The van der Waals surface area contributed by atoms with Crippen molar-refractivity contribution in [2.45, 2.75) is 37.1 Å². The predicted molar refractivity (Wildman–Crippen MR) is 50.6 cm³/mol. The van der Waals surface area contributed by atoms with Gasteiger partial charge in [-0.05, 0) is 5.75 Å². The highest BCUT2D eigenvalue weighted by Gasteiger charge is 2.61. The van der Waals surface area contributed by atoms with E-state index >= 15 is 0 Å². The van der Waals surface area contributed by atoms with Crippen molar-refractivity contribution in [3.05, 3.63) is 0 Å². The lowest BCUT2D eigenvalue weighted by Crippen LogP contribution is -2.62. The van der Waals surface area contributed by atoms with Crippen molar-refractivity contribution in [3.63, 3.8) is 0 Å². The van der Waals surface area contributed by atoms with Gasteiger partial charge < -0.3 is 10.4 Å². The molecular formula is C8H12F3NO2S. The van der Waals surface area contributed by atoms with Crippen LogP contribution in [0.4, 0.5) is 13.2 Å². The van der Waals surface area contributed by atoms with Gasteiger partial charge in [-0.3, -0.25) is 4.79 Å². The number of thiol groups is 1. The molecule has 3 nitrogen and oxygen atoms in total. The minimum atomic E-state index is -4.61. The normalized spacial score (nSPS) is 30.9. The largest absolute Gasteiger partial charge is 0.417 e. The fourth-order valence-corrected chi connectivity index (χ4v) is 1.69. The Balaban J connectivity index is 2.34. The van der Waals surface area contributed by atoms with Crippen LogP contribution in [0.3, 0.4) is 0 Å². The molecule has 0 aromatic rings. The van der Waals surface area contributed by atoms with E-state index in [2.05, 4.69) is 17.9 Å². The first-order valence-electron chi connectivity index (χ1n) is 4.48. The predicted octanol–water partition coefficient (Wildman–Crippen LogP) is 0.878.